The SMILES string of the molecule is COc1ccc(Cc2ccc(N(C)C(N)=O)nc2)c(F)c1-c1cccc(C(C)=O)c1. The van der Waals surface area contributed by atoms with Crippen LogP contribution in [-0.2, 0) is 6.42 Å². The molecule has 3 aromatic rings. The number of halogens is 1. The molecular formula is C23H22FN3O3. The fraction of sp³-hybridized carbons (Fsp3) is 0.174. The molecule has 0 radical (unpaired) electrons. The van der Waals surface area contributed by atoms with E-state index < -0.39 is 11.8 Å². The molecule has 2 aromatic carbocycles. The molecule has 0 unspecified atom stereocenters. The summed E-state index contributed by atoms with van der Waals surface area (Å²) in [5.41, 5.74) is 7.83. The predicted octanol–water partition coefficient (Wildman–Crippen LogP) is 4.20. The monoisotopic (exact) mass is 407 g/mol. The fourth-order valence-corrected chi connectivity index (χ4v) is 3.12. The van der Waals surface area contributed by atoms with Gasteiger partial charge in [0, 0.05) is 25.2 Å². The molecule has 0 saturated carbocycles. The van der Waals surface area contributed by atoms with Gasteiger partial charge in [-0.2, -0.15) is 0 Å². The Hall–Kier alpha value is -3.74. The lowest BCUT2D eigenvalue weighted by molar-refractivity contribution is 0.101. The largest absolute Gasteiger partial charge is 0.496 e. The number of nitrogens with zero attached hydrogens (tertiary/aromatic N) is 2. The normalized spacial score (nSPS) is 10.5. The van der Waals surface area contributed by atoms with E-state index in [1.54, 1.807) is 54.7 Å². The number of ether oxygens (including phenoxy) is 1. The Morgan fingerprint density at radius 3 is 2.53 bits per heavy atom. The van der Waals surface area contributed by atoms with Gasteiger partial charge in [-0.15, -0.1) is 0 Å². The Morgan fingerprint density at radius 2 is 1.93 bits per heavy atom. The van der Waals surface area contributed by atoms with E-state index in [1.807, 2.05) is 0 Å². The summed E-state index contributed by atoms with van der Waals surface area (Å²) in [6, 6.07) is 13.0. The predicted molar refractivity (Wildman–Crippen MR) is 113 cm³/mol. The van der Waals surface area contributed by atoms with Crippen LogP contribution in [0.3, 0.4) is 0 Å². The van der Waals surface area contributed by atoms with Crippen molar-refractivity contribution in [1.82, 2.24) is 4.98 Å². The first-order valence-electron chi connectivity index (χ1n) is 9.26. The van der Waals surface area contributed by atoms with E-state index >= 15 is 4.39 Å². The fourth-order valence-electron chi connectivity index (χ4n) is 3.12. The minimum Gasteiger partial charge on any atom is -0.496 e. The molecular weight excluding hydrogens is 385 g/mol. The van der Waals surface area contributed by atoms with Gasteiger partial charge in [-0.05, 0) is 41.8 Å². The second-order valence-corrected chi connectivity index (χ2v) is 6.85. The second kappa shape index (κ2) is 8.73. The molecule has 0 aliphatic carbocycles. The molecule has 30 heavy (non-hydrogen) atoms. The molecule has 1 aromatic heterocycles. The molecule has 154 valence electrons. The number of rotatable bonds is 6. The van der Waals surface area contributed by atoms with Gasteiger partial charge >= 0.3 is 6.03 Å². The van der Waals surface area contributed by atoms with Crippen LogP contribution < -0.4 is 15.4 Å². The highest BCUT2D eigenvalue weighted by Crippen LogP contribution is 2.35. The highest BCUT2D eigenvalue weighted by molar-refractivity contribution is 5.95. The molecule has 7 heteroatoms. The zero-order valence-electron chi connectivity index (χ0n) is 17.0. The van der Waals surface area contributed by atoms with Gasteiger partial charge < -0.3 is 10.5 Å². The average molecular weight is 407 g/mol. The first-order chi connectivity index (χ1) is 14.3. The van der Waals surface area contributed by atoms with Crippen LogP contribution in [0.4, 0.5) is 15.0 Å². The standard InChI is InChI=1S/C23H22FN3O3/c1-14(28)16-5-4-6-17(12-16)21-19(30-3)9-8-18(22(21)24)11-15-7-10-20(26-13-15)27(2)23(25)29/h4-10,12-13H,11H2,1-3H3,(H2,25,29). The average Bonchev–Trinajstić information content (AvgIpc) is 2.75. The molecule has 3 rings (SSSR count). The molecule has 0 spiro atoms. The van der Waals surface area contributed by atoms with E-state index in [0.29, 0.717) is 40.2 Å². The molecule has 0 saturated heterocycles. The van der Waals surface area contributed by atoms with Crippen LogP contribution in [-0.4, -0.2) is 31.0 Å². The summed E-state index contributed by atoms with van der Waals surface area (Å²) < 4.78 is 20.8. The molecule has 2 N–H and O–H groups in total. The lowest BCUT2D eigenvalue weighted by atomic mass is 9.96. The van der Waals surface area contributed by atoms with Crippen molar-refractivity contribution >= 4 is 17.6 Å². The molecule has 0 aliphatic rings. The van der Waals surface area contributed by atoms with Gasteiger partial charge in [0.1, 0.15) is 17.4 Å². The molecule has 2 amide bonds. The number of aromatic nitrogens is 1. The minimum absolute atomic E-state index is 0.0977. The number of anilines is 1. The van der Waals surface area contributed by atoms with Crippen molar-refractivity contribution in [2.45, 2.75) is 13.3 Å². The summed E-state index contributed by atoms with van der Waals surface area (Å²) in [6.45, 7) is 1.47. The van der Waals surface area contributed by atoms with Crippen LogP contribution in [0.5, 0.6) is 5.75 Å². The number of Topliss-reactive ketones (excluding diaryl/α,β-unsaturated/α-hetero) is 1. The van der Waals surface area contributed by atoms with Crippen molar-refractivity contribution in [2.24, 2.45) is 5.73 Å². The molecule has 0 fully saturated rings. The Kier molecular flexibility index (Phi) is 6.11. The third kappa shape index (κ3) is 4.30. The van der Waals surface area contributed by atoms with E-state index in [4.69, 9.17) is 10.5 Å². The maximum Gasteiger partial charge on any atom is 0.320 e. The van der Waals surface area contributed by atoms with Gasteiger partial charge in [-0.1, -0.05) is 30.3 Å². The maximum absolute atomic E-state index is 15.5. The number of methoxy groups -OCH3 is 1. The summed E-state index contributed by atoms with van der Waals surface area (Å²) >= 11 is 0. The first-order valence-corrected chi connectivity index (χ1v) is 9.26. The third-order valence-electron chi connectivity index (χ3n) is 4.84. The molecule has 0 aliphatic heterocycles. The van der Waals surface area contributed by atoms with E-state index in [2.05, 4.69) is 4.98 Å². The molecule has 6 nitrogen and oxygen atoms in total. The van der Waals surface area contributed by atoms with Crippen LogP contribution in [0, 0.1) is 5.82 Å². The van der Waals surface area contributed by atoms with Gasteiger partial charge in [0.15, 0.2) is 5.78 Å². The van der Waals surface area contributed by atoms with Gasteiger partial charge in [-0.25, -0.2) is 14.2 Å². The summed E-state index contributed by atoms with van der Waals surface area (Å²) in [5, 5.41) is 0. The highest BCUT2D eigenvalue weighted by Gasteiger charge is 2.17. The smallest absolute Gasteiger partial charge is 0.320 e. The van der Waals surface area contributed by atoms with Crippen molar-refractivity contribution < 1.29 is 18.7 Å². The van der Waals surface area contributed by atoms with E-state index in [9.17, 15) is 9.59 Å². The maximum atomic E-state index is 15.5. The van der Waals surface area contributed by atoms with Gasteiger partial charge in [0.25, 0.3) is 0 Å². The lowest BCUT2D eigenvalue weighted by Crippen LogP contribution is -2.32. The number of primary amides is 1. The number of carbonyl (C=O) groups is 2. The first kappa shape index (κ1) is 21.0. The molecule has 0 bridgehead atoms. The van der Waals surface area contributed by atoms with Crippen LogP contribution in [0.15, 0.2) is 54.7 Å². The van der Waals surface area contributed by atoms with Crippen LogP contribution >= 0.6 is 0 Å². The number of ketones is 1. The van der Waals surface area contributed by atoms with Crippen LogP contribution in [0.1, 0.15) is 28.4 Å². The zero-order chi connectivity index (χ0) is 21.8. The van der Waals surface area contributed by atoms with Gasteiger partial charge in [-0.3, -0.25) is 9.69 Å². The summed E-state index contributed by atoms with van der Waals surface area (Å²) in [4.78, 5) is 28.4. The summed E-state index contributed by atoms with van der Waals surface area (Å²) in [7, 11) is 3.00. The van der Waals surface area contributed by atoms with Crippen molar-refractivity contribution in [2.75, 3.05) is 19.1 Å². The Bertz CT molecular complexity index is 1100. The number of nitrogens with two attached hydrogens (primary N) is 1. The number of hydrogen-bond donors (Lipinski definition) is 1. The Morgan fingerprint density at radius 1 is 1.17 bits per heavy atom. The Balaban J connectivity index is 1.98. The van der Waals surface area contributed by atoms with E-state index in [0.717, 1.165) is 5.56 Å². The molecule has 1 heterocycles. The van der Waals surface area contributed by atoms with Crippen molar-refractivity contribution in [3.05, 3.63) is 77.2 Å². The third-order valence-corrected chi connectivity index (χ3v) is 4.84. The molecule has 0 atom stereocenters. The minimum atomic E-state index is -0.617. The van der Waals surface area contributed by atoms with E-state index in [1.165, 1.54) is 26.0 Å². The highest BCUT2D eigenvalue weighted by atomic mass is 19.1. The van der Waals surface area contributed by atoms with Gasteiger partial charge in [0.2, 0.25) is 0 Å². The van der Waals surface area contributed by atoms with Crippen LogP contribution in [0.25, 0.3) is 11.1 Å². The lowest BCUT2D eigenvalue weighted by Gasteiger charge is -2.15. The number of benzene rings is 2. The summed E-state index contributed by atoms with van der Waals surface area (Å²) in [5.74, 6) is 0.268. The quantitative estimate of drug-likeness (QED) is 0.621. The van der Waals surface area contributed by atoms with Gasteiger partial charge in [0.05, 0.1) is 12.7 Å². The second-order valence-electron chi connectivity index (χ2n) is 6.85. The number of hydrogen-bond acceptors (Lipinski definition) is 4. The topological polar surface area (TPSA) is 85.5 Å². The number of pyridine rings is 1. The van der Waals surface area contributed by atoms with Crippen molar-refractivity contribution in [1.29, 1.82) is 0 Å². The number of carbonyl (C=O) groups excluding carboxylic acids is 2. The summed E-state index contributed by atoms with van der Waals surface area (Å²) in [6.07, 6.45) is 1.87. The van der Waals surface area contributed by atoms with Crippen LogP contribution in [0.2, 0.25) is 0 Å². The Labute approximate surface area is 174 Å². The van der Waals surface area contributed by atoms with Crippen molar-refractivity contribution in [3.8, 4) is 16.9 Å². The zero-order valence-corrected chi connectivity index (χ0v) is 17.0. The van der Waals surface area contributed by atoms with E-state index in [-0.39, 0.29) is 5.78 Å². The number of urea groups is 1. The van der Waals surface area contributed by atoms with Crippen molar-refractivity contribution in [3.63, 3.8) is 0 Å². The number of amides is 2.